The van der Waals surface area contributed by atoms with Crippen molar-refractivity contribution in [1.82, 2.24) is 14.3 Å². The summed E-state index contributed by atoms with van der Waals surface area (Å²) in [4.78, 5) is 14.2. The van der Waals surface area contributed by atoms with E-state index >= 15 is 0 Å². The second kappa shape index (κ2) is 6.08. The van der Waals surface area contributed by atoms with Crippen LogP contribution < -0.4 is 5.56 Å². The summed E-state index contributed by atoms with van der Waals surface area (Å²) in [5.41, 5.74) is 3.98. The predicted octanol–water partition coefficient (Wildman–Crippen LogP) is 3.97. The van der Waals surface area contributed by atoms with Gasteiger partial charge in [0, 0.05) is 22.7 Å². The van der Waals surface area contributed by atoms with Crippen molar-refractivity contribution in [2.45, 2.75) is 18.4 Å². The molecule has 126 valence electrons. The Balaban J connectivity index is 1.91. The lowest BCUT2D eigenvalue weighted by Gasteiger charge is -2.06. The minimum absolute atomic E-state index is 0.0524. The van der Waals surface area contributed by atoms with Gasteiger partial charge in [-0.05, 0) is 30.9 Å². The Bertz CT molecular complexity index is 1160. The quantitative estimate of drug-likeness (QED) is 0.526. The number of benzene rings is 2. The molecule has 4 rings (SSSR count). The summed E-state index contributed by atoms with van der Waals surface area (Å²) < 4.78 is 3.53. The number of thioether (sulfide) groups is 1. The van der Waals surface area contributed by atoms with Gasteiger partial charge in [0.1, 0.15) is 5.52 Å². The van der Waals surface area contributed by atoms with Crippen molar-refractivity contribution in [1.29, 1.82) is 0 Å². The van der Waals surface area contributed by atoms with E-state index in [4.69, 9.17) is 0 Å². The van der Waals surface area contributed by atoms with E-state index < -0.39 is 0 Å². The minimum Gasteiger partial charge on any atom is -0.339 e. The fraction of sp³-hybridized carbons (Fsp3) is 0.200. The van der Waals surface area contributed by atoms with Gasteiger partial charge in [-0.3, -0.25) is 4.79 Å². The summed E-state index contributed by atoms with van der Waals surface area (Å²) in [7, 11) is 1.95. The molecule has 0 aliphatic rings. The molecule has 2 heterocycles. The van der Waals surface area contributed by atoms with Gasteiger partial charge in [-0.2, -0.15) is 5.10 Å². The van der Waals surface area contributed by atoms with Crippen LogP contribution in [0.3, 0.4) is 0 Å². The van der Waals surface area contributed by atoms with Crippen LogP contribution in [-0.2, 0) is 13.6 Å². The lowest BCUT2D eigenvalue weighted by Crippen LogP contribution is -2.24. The van der Waals surface area contributed by atoms with Gasteiger partial charge in [-0.25, -0.2) is 4.68 Å². The number of rotatable bonds is 3. The van der Waals surface area contributed by atoms with Gasteiger partial charge in [0.05, 0.1) is 18.3 Å². The number of aryl methyl sites for hydroxylation is 2. The molecule has 4 aromatic rings. The highest BCUT2D eigenvalue weighted by Gasteiger charge is 2.14. The molecule has 5 heteroatoms. The van der Waals surface area contributed by atoms with Gasteiger partial charge < -0.3 is 4.57 Å². The Hall–Kier alpha value is -2.53. The highest BCUT2D eigenvalue weighted by Crippen LogP contribution is 2.28. The van der Waals surface area contributed by atoms with Gasteiger partial charge in [-0.1, -0.05) is 35.9 Å². The summed E-state index contributed by atoms with van der Waals surface area (Å²) in [6.07, 6.45) is 3.87. The van der Waals surface area contributed by atoms with E-state index in [9.17, 15) is 4.79 Å². The van der Waals surface area contributed by atoms with Crippen LogP contribution in [0.15, 0.2) is 58.4 Å². The minimum atomic E-state index is -0.0524. The van der Waals surface area contributed by atoms with Gasteiger partial charge in [0.2, 0.25) is 0 Å². The second-order valence-electron chi connectivity index (χ2n) is 6.30. The van der Waals surface area contributed by atoms with Crippen LogP contribution in [0, 0.1) is 6.92 Å². The molecule has 0 unspecified atom stereocenters. The first kappa shape index (κ1) is 16.0. The molecule has 0 aliphatic heterocycles. The molecular formula is C20H19N3OS. The fourth-order valence-corrected chi connectivity index (χ4v) is 3.79. The molecular weight excluding hydrogens is 330 g/mol. The Labute approximate surface area is 150 Å². The zero-order valence-electron chi connectivity index (χ0n) is 14.5. The highest BCUT2D eigenvalue weighted by molar-refractivity contribution is 7.98. The molecule has 4 nitrogen and oxygen atoms in total. The van der Waals surface area contributed by atoms with E-state index in [1.165, 1.54) is 10.5 Å². The average molecular weight is 349 g/mol. The van der Waals surface area contributed by atoms with Crippen LogP contribution in [0.5, 0.6) is 0 Å². The van der Waals surface area contributed by atoms with Crippen molar-refractivity contribution >= 4 is 33.6 Å². The van der Waals surface area contributed by atoms with Crippen LogP contribution in [0.25, 0.3) is 21.8 Å². The molecule has 0 saturated carbocycles. The summed E-state index contributed by atoms with van der Waals surface area (Å²) in [6, 6.07) is 14.5. The Kier molecular flexibility index (Phi) is 3.88. The van der Waals surface area contributed by atoms with Crippen molar-refractivity contribution in [2.24, 2.45) is 7.05 Å². The number of fused-ring (bicyclic) bond motifs is 3. The van der Waals surface area contributed by atoms with E-state index in [1.54, 1.807) is 16.4 Å². The zero-order valence-corrected chi connectivity index (χ0v) is 15.3. The number of hydrogen-bond acceptors (Lipinski definition) is 3. The molecule has 0 spiro atoms. The molecule has 2 aromatic heterocycles. The average Bonchev–Trinajstić information content (AvgIpc) is 2.90. The van der Waals surface area contributed by atoms with Crippen LogP contribution in [-0.4, -0.2) is 20.6 Å². The van der Waals surface area contributed by atoms with Gasteiger partial charge in [0.15, 0.2) is 0 Å². The number of aromatic nitrogens is 3. The van der Waals surface area contributed by atoms with E-state index in [1.807, 2.05) is 29.9 Å². The summed E-state index contributed by atoms with van der Waals surface area (Å²) in [5, 5.41) is 6.41. The third-order valence-corrected chi connectivity index (χ3v) is 5.35. The summed E-state index contributed by atoms with van der Waals surface area (Å²) in [6.45, 7) is 2.53. The molecule has 0 bridgehead atoms. The topological polar surface area (TPSA) is 39.8 Å². The van der Waals surface area contributed by atoms with Crippen molar-refractivity contribution < 1.29 is 0 Å². The third-order valence-electron chi connectivity index (χ3n) is 4.63. The SMILES string of the molecule is CSc1ccc2c3cnn(Cc4cccc(C)c4)c(=O)c3n(C)c2c1. The van der Waals surface area contributed by atoms with E-state index in [-0.39, 0.29) is 5.56 Å². The number of hydrogen-bond donors (Lipinski definition) is 0. The van der Waals surface area contributed by atoms with E-state index in [2.05, 4.69) is 48.6 Å². The molecule has 0 aliphatic carbocycles. The van der Waals surface area contributed by atoms with Gasteiger partial charge in [-0.15, -0.1) is 11.8 Å². The third kappa shape index (κ3) is 2.65. The highest BCUT2D eigenvalue weighted by atomic mass is 32.2. The van der Waals surface area contributed by atoms with Gasteiger partial charge >= 0.3 is 0 Å². The van der Waals surface area contributed by atoms with Crippen LogP contribution in [0.2, 0.25) is 0 Å². The second-order valence-corrected chi connectivity index (χ2v) is 7.18. The molecule has 0 N–H and O–H groups in total. The maximum Gasteiger partial charge on any atom is 0.291 e. The van der Waals surface area contributed by atoms with Crippen molar-refractivity contribution in [3.63, 3.8) is 0 Å². The first-order valence-electron chi connectivity index (χ1n) is 8.16. The maximum absolute atomic E-state index is 13.0. The zero-order chi connectivity index (χ0) is 17.6. The molecule has 0 amide bonds. The van der Waals surface area contributed by atoms with Crippen LogP contribution >= 0.6 is 11.8 Å². The first-order valence-corrected chi connectivity index (χ1v) is 9.39. The van der Waals surface area contributed by atoms with Crippen molar-refractivity contribution in [3.05, 3.63) is 70.1 Å². The summed E-state index contributed by atoms with van der Waals surface area (Å²) >= 11 is 1.70. The molecule has 0 atom stereocenters. The largest absolute Gasteiger partial charge is 0.339 e. The fourth-order valence-electron chi connectivity index (χ4n) is 3.36. The molecule has 0 saturated heterocycles. The molecule has 0 radical (unpaired) electrons. The maximum atomic E-state index is 13.0. The Morgan fingerprint density at radius 1 is 1.12 bits per heavy atom. The van der Waals surface area contributed by atoms with Gasteiger partial charge in [0.25, 0.3) is 5.56 Å². The standard InChI is InChI=1S/C20H19N3OS/c1-13-5-4-6-14(9-13)12-23-20(24)19-17(11-21-23)16-8-7-15(25-3)10-18(16)22(19)2/h4-11H,12H2,1-3H3. The Morgan fingerprint density at radius 3 is 2.72 bits per heavy atom. The van der Waals surface area contributed by atoms with E-state index in [0.717, 1.165) is 21.9 Å². The van der Waals surface area contributed by atoms with Crippen LogP contribution in [0.1, 0.15) is 11.1 Å². The molecule has 2 aromatic carbocycles. The first-order chi connectivity index (χ1) is 12.1. The van der Waals surface area contributed by atoms with E-state index in [0.29, 0.717) is 12.1 Å². The summed E-state index contributed by atoms with van der Waals surface area (Å²) in [5.74, 6) is 0. The molecule has 0 fully saturated rings. The Morgan fingerprint density at radius 2 is 1.96 bits per heavy atom. The predicted molar refractivity (Wildman–Crippen MR) is 105 cm³/mol. The van der Waals surface area contributed by atoms with Crippen molar-refractivity contribution in [3.8, 4) is 0 Å². The lowest BCUT2D eigenvalue weighted by molar-refractivity contribution is 0.644. The van der Waals surface area contributed by atoms with Crippen molar-refractivity contribution in [2.75, 3.05) is 6.26 Å². The normalized spacial score (nSPS) is 11.5. The lowest BCUT2D eigenvalue weighted by atomic mass is 10.1. The number of nitrogens with zero attached hydrogens (tertiary/aromatic N) is 3. The monoisotopic (exact) mass is 349 g/mol. The van der Waals surface area contributed by atoms with Crippen LogP contribution in [0.4, 0.5) is 0 Å². The molecule has 25 heavy (non-hydrogen) atoms. The smallest absolute Gasteiger partial charge is 0.291 e.